The minimum atomic E-state index is 0.335. The largest absolute Gasteiger partial charge is 0.340 e. The average Bonchev–Trinajstić information content (AvgIpc) is 2.30. The van der Waals surface area contributed by atoms with Gasteiger partial charge in [-0.1, -0.05) is 22.6 Å². The number of carbonyl (C=O) groups excluding carboxylic acids is 1. The number of halogens is 1. The monoisotopic (exact) mass is 267 g/mol. The van der Waals surface area contributed by atoms with E-state index in [9.17, 15) is 4.79 Å². The first-order valence-corrected chi connectivity index (χ1v) is 5.53. The van der Waals surface area contributed by atoms with E-state index in [1.165, 1.54) is 0 Å². The van der Waals surface area contributed by atoms with Crippen LogP contribution in [0.3, 0.4) is 0 Å². The summed E-state index contributed by atoms with van der Waals surface area (Å²) in [5, 5.41) is 0. The maximum Gasteiger partial charge on any atom is 0.223 e. The molecule has 0 saturated carbocycles. The van der Waals surface area contributed by atoms with Crippen molar-refractivity contribution in [2.75, 3.05) is 11.0 Å². The minimum Gasteiger partial charge on any atom is -0.340 e. The van der Waals surface area contributed by atoms with Gasteiger partial charge in [0.15, 0.2) is 0 Å². The number of carbonyl (C=O) groups is 1. The zero-order chi connectivity index (χ0) is 8.43. The first kappa shape index (κ1) is 9.29. The van der Waals surface area contributed by atoms with Crippen LogP contribution in [0.2, 0.25) is 0 Å². The Bertz CT molecular complexity index is 158. The quantitative estimate of drug-likeness (QED) is 0.550. The number of hydrogen-bond acceptors (Lipinski definition) is 1. The summed E-state index contributed by atoms with van der Waals surface area (Å²) >= 11 is 2.35. The lowest BCUT2D eigenvalue weighted by Gasteiger charge is -2.20. The Morgan fingerprint density at radius 1 is 1.73 bits per heavy atom. The first-order chi connectivity index (χ1) is 5.15. The van der Waals surface area contributed by atoms with Crippen molar-refractivity contribution < 1.29 is 4.79 Å². The van der Waals surface area contributed by atoms with E-state index in [1.807, 2.05) is 4.90 Å². The van der Waals surface area contributed by atoms with Gasteiger partial charge in [-0.05, 0) is 19.8 Å². The third-order valence-corrected chi connectivity index (χ3v) is 3.33. The molecule has 0 radical (unpaired) electrons. The van der Waals surface area contributed by atoms with E-state index in [0.717, 1.165) is 17.4 Å². The highest BCUT2D eigenvalue weighted by atomic mass is 127. The number of amides is 1. The molecule has 0 unspecified atom stereocenters. The molecular weight excluding hydrogens is 253 g/mol. The van der Waals surface area contributed by atoms with E-state index < -0.39 is 0 Å². The fourth-order valence-corrected chi connectivity index (χ4v) is 2.00. The van der Waals surface area contributed by atoms with E-state index in [0.29, 0.717) is 17.9 Å². The Kier molecular flexibility index (Phi) is 3.16. The van der Waals surface area contributed by atoms with Crippen molar-refractivity contribution in [3.63, 3.8) is 0 Å². The normalized spacial score (nSPS) is 25.3. The van der Waals surface area contributed by atoms with Gasteiger partial charge in [0.2, 0.25) is 5.91 Å². The summed E-state index contributed by atoms with van der Waals surface area (Å²) < 4.78 is 1.10. The topological polar surface area (TPSA) is 20.3 Å². The molecule has 1 heterocycles. The molecule has 0 aliphatic carbocycles. The van der Waals surface area contributed by atoms with Crippen LogP contribution in [0.25, 0.3) is 0 Å². The van der Waals surface area contributed by atoms with Crippen LogP contribution in [0, 0.1) is 5.92 Å². The van der Waals surface area contributed by atoms with Crippen molar-refractivity contribution >= 4 is 28.5 Å². The molecule has 1 aliphatic heterocycles. The lowest BCUT2D eigenvalue weighted by atomic mass is 10.2. The highest BCUT2D eigenvalue weighted by Gasteiger charge is 2.29. The lowest BCUT2D eigenvalue weighted by molar-refractivity contribution is -0.129. The Balaban J connectivity index is 2.52. The van der Waals surface area contributed by atoms with Crippen LogP contribution in [-0.4, -0.2) is 27.8 Å². The van der Waals surface area contributed by atoms with E-state index >= 15 is 0 Å². The molecule has 0 bridgehead atoms. The van der Waals surface area contributed by atoms with E-state index in [-0.39, 0.29) is 0 Å². The highest BCUT2D eigenvalue weighted by molar-refractivity contribution is 14.1. The summed E-state index contributed by atoms with van der Waals surface area (Å²) in [6.07, 6.45) is 0.765. The Labute approximate surface area is 81.5 Å². The second-order valence-corrected chi connectivity index (χ2v) is 4.25. The highest BCUT2D eigenvalue weighted by Crippen LogP contribution is 2.21. The van der Waals surface area contributed by atoms with Crippen LogP contribution in [0.15, 0.2) is 0 Å². The molecule has 0 N–H and O–H groups in total. The zero-order valence-electron chi connectivity index (χ0n) is 7.01. The molecule has 1 amide bonds. The molecule has 11 heavy (non-hydrogen) atoms. The van der Waals surface area contributed by atoms with Gasteiger partial charge in [-0.25, -0.2) is 0 Å². The smallest absolute Gasteiger partial charge is 0.223 e. The predicted octanol–water partition coefficient (Wildman–Crippen LogP) is 1.68. The van der Waals surface area contributed by atoms with Gasteiger partial charge in [0.1, 0.15) is 0 Å². The molecule has 2 nitrogen and oxygen atoms in total. The molecule has 3 heteroatoms. The van der Waals surface area contributed by atoms with Gasteiger partial charge in [-0.3, -0.25) is 4.79 Å². The van der Waals surface area contributed by atoms with Crippen LogP contribution in [0.5, 0.6) is 0 Å². The number of hydrogen-bond donors (Lipinski definition) is 0. The number of alkyl halides is 1. The zero-order valence-corrected chi connectivity index (χ0v) is 9.17. The first-order valence-electron chi connectivity index (χ1n) is 4.00. The Hall–Kier alpha value is 0.200. The summed E-state index contributed by atoms with van der Waals surface area (Å²) in [7, 11) is 0. The van der Waals surface area contributed by atoms with Crippen molar-refractivity contribution in [3.05, 3.63) is 0 Å². The van der Waals surface area contributed by atoms with Gasteiger partial charge >= 0.3 is 0 Å². The molecule has 1 atom stereocenters. The summed E-state index contributed by atoms with van der Waals surface area (Å²) in [5.41, 5.74) is 0. The predicted molar refractivity (Wildman–Crippen MR) is 53.8 cm³/mol. The van der Waals surface area contributed by atoms with Gasteiger partial charge in [-0.2, -0.15) is 0 Å². The maximum absolute atomic E-state index is 11.3. The fourth-order valence-electron chi connectivity index (χ4n) is 1.41. The molecule has 1 saturated heterocycles. The van der Waals surface area contributed by atoms with Gasteiger partial charge in [0, 0.05) is 23.4 Å². The standard InChI is InChI=1S/C8H14INO/c1-6(2)10-5-7(4-9)3-8(10)11/h6-7H,3-5H2,1-2H3/t7-/m0/s1. The maximum atomic E-state index is 11.3. The Morgan fingerprint density at radius 2 is 2.36 bits per heavy atom. The van der Waals surface area contributed by atoms with Gasteiger partial charge in [0.05, 0.1) is 0 Å². The summed E-state index contributed by atoms with van der Waals surface area (Å²) in [6, 6.07) is 0.385. The van der Waals surface area contributed by atoms with Crippen molar-refractivity contribution in [2.24, 2.45) is 5.92 Å². The summed E-state index contributed by atoms with van der Waals surface area (Å²) in [4.78, 5) is 13.3. The Morgan fingerprint density at radius 3 is 2.64 bits per heavy atom. The number of rotatable bonds is 2. The molecule has 1 fully saturated rings. The van der Waals surface area contributed by atoms with Crippen molar-refractivity contribution in [2.45, 2.75) is 26.3 Å². The van der Waals surface area contributed by atoms with E-state index in [1.54, 1.807) is 0 Å². The average molecular weight is 267 g/mol. The van der Waals surface area contributed by atoms with Gasteiger partial charge in [-0.15, -0.1) is 0 Å². The third kappa shape index (κ3) is 2.07. The SMILES string of the molecule is CC(C)N1C[C@H](CI)CC1=O. The molecule has 64 valence electrons. The molecule has 1 aliphatic rings. The van der Waals surface area contributed by atoms with E-state index in [2.05, 4.69) is 36.4 Å². The summed E-state index contributed by atoms with van der Waals surface area (Å²) in [6.45, 7) is 5.13. The van der Waals surface area contributed by atoms with Crippen LogP contribution in [0.4, 0.5) is 0 Å². The van der Waals surface area contributed by atoms with Crippen molar-refractivity contribution in [1.82, 2.24) is 4.90 Å². The molecule has 0 aromatic rings. The van der Waals surface area contributed by atoms with Crippen molar-refractivity contribution in [1.29, 1.82) is 0 Å². The summed E-state index contributed by atoms with van der Waals surface area (Å²) in [5.74, 6) is 0.937. The molecule has 0 aromatic heterocycles. The van der Waals surface area contributed by atoms with Crippen LogP contribution < -0.4 is 0 Å². The van der Waals surface area contributed by atoms with Gasteiger partial charge < -0.3 is 4.90 Å². The van der Waals surface area contributed by atoms with Crippen LogP contribution >= 0.6 is 22.6 Å². The lowest BCUT2D eigenvalue weighted by Crippen LogP contribution is -2.32. The minimum absolute atomic E-state index is 0.335. The second kappa shape index (κ2) is 3.74. The molecule has 0 aromatic carbocycles. The van der Waals surface area contributed by atoms with E-state index in [4.69, 9.17) is 0 Å². The van der Waals surface area contributed by atoms with Crippen molar-refractivity contribution in [3.8, 4) is 0 Å². The molecule has 1 rings (SSSR count). The van der Waals surface area contributed by atoms with Crippen LogP contribution in [0.1, 0.15) is 20.3 Å². The number of nitrogens with zero attached hydrogens (tertiary/aromatic N) is 1. The van der Waals surface area contributed by atoms with Gasteiger partial charge in [0.25, 0.3) is 0 Å². The van der Waals surface area contributed by atoms with Crippen LogP contribution in [-0.2, 0) is 4.79 Å². The second-order valence-electron chi connectivity index (χ2n) is 3.36. The third-order valence-electron chi connectivity index (χ3n) is 2.08. The molecular formula is C8H14INO. The fraction of sp³-hybridized carbons (Fsp3) is 0.875. The number of likely N-dealkylation sites (tertiary alicyclic amines) is 1. The molecule has 0 spiro atoms.